The van der Waals surface area contributed by atoms with Gasteiger partial charge >= 0.3 is 12.1 Å². The van der Waals surface area contributed by atoms with Gasteiger partial charge in [-0.1, -0.05) is 0 Å². The highest BCUT2D eigenvalue weighted by molar-refractivity contribution is 6.23. The van der Waals surface area contributed by atoms with Gasteiger partial charge in [0, 0.05) is 6.42 Å². The number of fused-ring (bicyclic) bond motifs is 5. The van der Waals surface area contributed by atoms with Gasteiger partial charge in [-0.15, -0.1) is 0 Å². The number of halogens is 3. The van der Waals surface area contributed by atoms with Crippen molar-refractivity contribution < 1.29 is 42.5 Å². The molecule has 3 heterocycles. The molecule has 158 valence electrons. The number of ether oxygens (including phenoxy) is 1. The van der Waals surface area contributed by atoms with E-state index in [0.717, 1.165) is 12.1 Å². The van der Waals surface area contributed by atoms with Crippen LogP contribution in [-0.4, -0.2) is 44.8 Å². The molecule has 2 amide bonds. The predicted molar refractivity (Wildman–Crippen MR) is 90.7 cm³/mol. The Bertz CT molecular complexity index is 1070. The average molecular weight is 424 g/mol. The standard InChI is InChI=1S/C19H15F3N2O6/c1-16-7-18(29,15(27)28)17(2,30-16)12-11(16)13(25)24(14(12)26)9-4-3-8(6-23)10(5-9)19(20,21)22/h3-5,11-12,29H,7H2,1-2H3,(H,27,28). The van der Waals surface area contributed by atoms with Gasteiger partial charge in [0.05, 0.1) is 40.3 Å². The third-order valence-corrected chi connectivity index (χ3v) is 6.47. The van der Waals surface area contributed by atoms with Crippen molar-refractivity contribution in [2.24, 2.45) is 11.8 Å². The largest absolute Gasteiger partial charge is 0.479 e. The first kappa shape index (κ1) is 20.3. The summed E-state index contributed by atoms with van der Waals surface area (Å²) in [6, 6.07) is 3.85. The van der Waals surface area contributed by atoms with E-state index in [9.17, 15) is 37.8 Å². The lowest BCUT2D eigenvalue weighted by molar-refractivity contribution is -0.182. The number of anilines is 1. The number of alkyl halides is 3. The number of nitrogens with zero attached hydrogens (tertiary/aromatic N) is 2. The summed E-state index contributed by atoms with van der Waals surface area (Å²) in [4.78, 5) is 38.5. The molecule has 0 radical (unpaired) electrons. The third-order valence-electron chi connectivity index (χ3n) is 6.47. The van der Waals surface area contributed by atoms with Gasteiger partial charge in [-0.3, -0.25) is 9.59 Å². The van der Waals surface area contributed by atoms with Crippen LogP contribution in [0.2, 0.25) is 0 Å². The molecule has 5 unspecified atom stereocenters. The lowest BCUT2D eigenvalue weighted by Gasteiger charge is -2.39. The van der Waals surface area contributed by atoms with Crippen molar-refractivity contribution in [1.82, 2.24) is 0 Å². The van der Waals surface area contributed by atoms with Crippen LogP contribution in [0.4, 0.5) is 18.9 Å². The van der Waals surface area contributed by atoms with Gasteiger partial charge in [-0.2, -0.15) is 18.4 Å². The zero-order chi connectivity index (χ0) is 22.4. The molecule has 2 bridgehead atoms. The fourth-order valence-electron chi connectivity index (χ4n) is 5.17. The summed E-state index contributed by atoms with van der Waals surface area (Å²) < 4.78 is 45.7. The zero-order valence-electron chi connectivity index (χ0n) is 15.6. The molecular formula is C19H15F3N2O6. The van der Waals surface area contributed by atoms with E-state index in [1.165, 1.54) is 19.9 Å². The summed E-state index contributed by atoms with van der Waals surface area (Å²) in [6.07, 6.45) is -5.35. The summed E-state index contributed by atoms with van der Waals surface area (Å²) in [5.41, 5.74) is -8.26. The van der Waals surface area contributed by atoms with Gasteiger partial charge in [0.15, 0.2) is 5.60 Å². The van der Waals surface area contributed by atoms with Crippen molar-refractivity contribution in [3.05, 3.63) is 29.3 Å². The van der Waals surface area contributed by atoms with Crippen LogP contribution in [0.25, 0.3) is 0 Å². The number of carboxylic acid groups (broad SMARTS) is 1. The molecule has 3 fully saturated rings. The Hall–Kier alpha value is -2.97. The van der Waals surface area contributed by atoms with E-state index in [0.29, 0.717) is 11.0 Å². The molecular weight excluding hydrogens is 409 g/mol. The molecule has 3 aliphatic heterocycles. The molecule has 0 aliphatic carbocycles. The van der Waals surface area contributed by atoms with Crippen LogP contribution < -0.4 is 4.90 Å². The van der Waals surface area contributed by atoms with E-state index in [1.807, 2.05) is 0 Å². The molecule has 11 heteroatoms. The normalized spacial score (nSPS) is 37.4. The van der Waals surface area contributed by atoms with Gasteiger partial charge in [0.25, 0.3) is 0 Å². The molecule has 8 nitrogen and oxygen atoms in total. The summed E-state index contributed by atoms with van der Waals surface area (Å²) >= 11 is 0. The molecule has 1 aromatic carbocycles. The maximum atomic E-state index is 13.3. The number of hydrogen-bond acceptors (Lipinski definition) is 6. The lowest BCUT2D eigenvalue weighted by atomic mass is 9.61. The number of aliphatic carboxylic acids is 1. The van der Waals surface area contributed by atoms with Crippen molar-refractivity contribution in [2.75, 3.05) is 4.90 Å². The Morgan fingerprint density at radius 3 is 2.40 bits per heavy atom. The van der Waals surface area contributed by atoms with Crippen molar-refractivity contribution in [1.29, 1.82) is 5.26 Å². The Balaban J connectivity index is 1.83. The Labute approximate surface area is 167 Å². The van der Waals surface area contributed by atoms with Gasteiger partial charge in [-0.05, 0) is 32.0 Å². The molecule has 3 saturated heterocycles. The molecule has 0 aromatic heterocycles. The summed E-state index contributed by atoms with van der Waals surface area (Å²) in [7, 11) is 0. The number of benzene rings is 1. The minimum absolute atomic E-state index is 0.392. The van der Waals surface area contributed by atoms with E-state index in [-0.39, 0.29) is 0 Å². The molecule has 1 aromatic rings. The second kappa shape index (κ2) is 5.59. The Morgan fingerprint density at radius 1 is 1.27 bits per heavy atom. The Morgan fingerprint density at radius 2 is 1.87 bits per heavy atom. The second-order valence-corrected chi connectivity index (χ2v) is 8.17. The van der Waals surface area contributed by atoms with Crippen molar-refractivity contribution in [3.8, 4) is 6.07 Å². The first-order valence-electron chi connectivity index (χ1n) is 8.86. The van der Waals surface area contributed by atoms with E-state index < -0.39 is 75.8 Å². The summed E-state index contributed by atoms with van der Waals surface area (Å²) in [6.45, 7) is 2.61. The average Bonchev–Trinajstić information content (AvgIpc) is 3.13. The van der Waals surface area contributed by atoms with Gasteiger partial charge in [-0.25, -0.2) is 9.69 Å². The maximum Gasteiger partial charge on any atom is 0.417 e. The van der Waals surface area contributed by atoms with Crippen LogP contribution in [0.5, 0.6) is 0 Å². The first-order valence-corrected chi connectivity index (χ1v) is 8.86. The van der Waals surface area contributed by atoms with Crippen LogP contribution in [0.1, 0.15) is 31.4 Å². The summed E-state index contributed by atoms with van der Waals surface area (Å²) in [5.74, 6) is -5.99. The molecule has 30 heavy (non-hydrogen) atoms. The highest BCUT2D eigenvalue weighted by Gasteiger charge is 2.82. The fourth-order valence-corrected chi connectivity index (χ4v) is 5.17. The minimum Gasteiger partial charge on any atom is -0.479 e. The summed E-state index contributed by atoms with van der Waals surface area (Å²) in [5, 5.41) is 29.2. The van der Waals surface area contributed by atoms with Gasteiger partial charge < -0.3 is 14.9 Å². The highest BCUT2D eigenvalue weighted by Crippen LogP contribution is 2.64. The number of carboxylic acids is 1. The number of carbonyl (C=O) groups is 3. The first-order chi connectivity index (χ1) is 13.7. The van der Waals surface area contributed by atoms with E-state index in [2.05, 4.69) is 0 Å². The van der Waals surface area contributed by atoms with Crippen molar-refractivity contribution in [3.63, 3.8) is 0 Å². The molecule has 0 spiro atoms. The maximum absolute atomic E-state index is 13.3. The number of rotatable bonds is 2. The number of aliphatic hydroxyl groups is 1. The van der Waals surface area contributed by atoms with E-state index in [1.54, 1.807) is 0 Å². The molecule has 0 saturated carbocycles. The monoisotopic (exact) mass is 424 g/mol. The third kappa shape index (κ3) is 2.20. The smallest absolute Gasteiger partial charge is 0.417 e. The molecule has 2 N–H and O–H groups in total. The molecule has 5 atom stereocenters. The number of amides is 2. The van der Waals surface area contributed by atoms with Crippen molar-refractivity contribution in [2.45, 2.75) is 43.2 Å². The van der Waals surface area contributed by atoms with Crippen LogP contribution in [0.15, 0.2) is 18.2 Å². The number of hydrogen-bond donors (Lipinski definition) is 2. The van der Waals surface area contributed by atoms with Crippen LogP contribution in [0.3, 0.4) is 0 Å². The second-order valence-electron chi connectivity index (χ2n) is 8.17. The van der Waals surface area contributed by atoms with E-state index >= 15 is 0 Å². The van der Waals surface area contributed by atoms with E-state index in [4.69, 9.17) is 10.00 Å². The minimum atomic E-state index is -4.90. The zero-order valence-corrected chi connectivity index (χ0v) is 15.6. The highest BCUT2D eigenvalue weighted by atomic mass is 19.4. The predicted octanol–water partition coefficient (Wildman–Crippen LogP) is 1.45. The molecule has 4 rings (SSSR count). The topological polar surface area (TPSA) is 128 Å². The Kier molecular flexibility index (Phi) is 3.78. The SMILES string of the molecule is CC12CC(O)(C(=O)O)C(C)(O1)C1C(=O)N(c3ccc(C#N)c(C(F)(F)F)c3)C(=O)C12. The van der Waals surface area contributed by atoms with Crippen LogP contribution in [-0.2, 0) is 25.3 Å². The number of nitriles is 1. The molecule has 3 aliphatic rings. The lowest BCUT2D eigenvalue weighted by Crippen LogP contribution is -2.62. The van der Waals surface area contributed by atoms with Crippen molar-refractivity contribution >= 4 is 23.5 Å². The number of imide groups is 1. The van der Waals surface area contributed by atoms with Crippen LogP contribution in [0, 0.1) is 23.2 Å². The van der Waals surface area contributed by atoms with Crippen LogP contribution >= 0.6 is 0 Å². The quantitative estimate of drug-likeness (QED) is 0.688. The fraction of sp³-hybridized carbons (Fsp3) is 0.474. The van der Waals surface area contributed by atoms with Gasteiger partial charge in [0.1, 0.15) is 5.60 Å². The van der Waals surface area contributed by atoms with Gasteiger partial charge in [0.2, 0.25) is 11.8 Å². The number of carbonyl (C=O) groups excluding carboxylic acids is 2.